The summed E-state index contributed by atoms with van der Waals surface area (Å²) < 4.78 is 11.1. The third-order valence-corrected chi connectivity index (χ3v) is 13.1. The summed E-state index contributed by atoms with van der Waals surface area (Å²) in [5.74, 6) is 0. The number of furan rings is 1. The van der Waals surface area contributed by atoms with Gasteiger partial charge in [-0.15, -0.1) is 11.3 Å². The van der Waals surface area contributed by atoms with E-state index in [9.17, 15) is 0 Å². The van der Waals surface area contributed by atoms with E-state index in [1.54, 1.807) is 0 Å². The predicted octanol–water partition coefficient (Wildman–Crippen LogP) is 15.7. The first-order valence-corrected chi connectivity index (χ1v) is 20.8. The van der Waals surface area contributed by atoms with Crippen molar-refractivity contribution in [2.75, 3.05) is 4.90 Å². The molecule has 0 bridgehead atoms. The maximum absolute atomic E-state index is 6.14. The van der Waals surface area contributed by atoms with E-state index in [0.717, 1.165) is 46.2 Å². The molecule has 3 aromatic heterocycles. The van der Waals surface area contributed by atoms with Crippen LogP contribution in [0.25, 0.3) is 87.0 Å². The van der Waals surface area contributed by atoms with Crippen molar-refractivity contribution in [3.05, 3.63) is 199 Å². The quantitative estimate of drug-likeness (QED) is 0.168. The van der Waals surface area contributed by atoms with E-state index >= 15 is 0 Å². The van der Waals surface area contributed by atoms with Crippen molar-refractivity contribution in [3.63, 3.8) is 0 Å². The monoisotopic (exact) mass is 760 g/mol. The third kappa shape index (κ3) is 5.26. The Labute approximate surface area is 340 Å². The number of anilines is 3. The van der Waals surface area contributed by atoms with Crippen molar-refractivity contribution in [3.8, 4) is 27.9 Å². The summed E-state index contributed by atoms with van der Waals surface area (Å²) in [6.45, 7) is 0. The van der Waals surface area contributed by atoms with Crippen molar-refractivity contribution in [1.82, 2.24) is 4.57 Å². The topological polar surface area (TPSA) is 21.3 Å². The number of fused-ring (bicyclic) bond motifs is 9. The van der Waals surface area contributed by atoms with Crippen molar-refractivity contribution in [2.45, 2.75) is 12.8 Å². The normalized spacial score (nSPS) is 12.6. The van der Waals surface area contributed by atoms with Crippen LogP contribution < -0.4 is 4.90 Å². The highest BCUT2D eigenvalue weighted by atomic mass is 32.1. The summed E-state index contributed by atoms with van der Waals surface area (Å²) in [6, 6.07) is 66.1. The summed E-state index contributed by atoms with van der Waals surface area (Å²) in [7, 11) is 0. The molecule has 3 heterocycles. The molecule has 1 aliphatic carbocycles. The Hall–Kier alpha value is -7.14. The molecule has 0 N–H and O–H groups in total. The van der Waals surface area contributed by atoms with Crippen LogP contribution in [0.1, 0.15) is 17.7 Å². The second-order valence-corrected chi connectivity index (χ2v) is 16.3. The fourth-order valence-electron chi connectivity index (χ4n) is 9.12. The maximum atomic E-state index is 6.14. The Balaban J connectivity index is 0.969. The van der Waals surface area contributed by atoms with Crippen LogP contribution in [0.5, 0.6) is 0 Å². The van der Waals surface area contributed by atoms with Gasteiger partial charge in [0.15, 0.2) is 0 Å². The molecule has 0 atom stereocenters. The molecule has 58 heavy (non-hydrogen) atoms. The Morgan fingerprint density at radius 1 is 0.500 bits per heavy atom. The van der Waals surface area contributed by atoms with Gasteiger partial charge in [0.25, 0.3) is 0 Å². The second kappa shape index (κ2) is 13.2. The number of hydrogen-bond acceptors (Lipinski definition) is 3. The van der Waals surface area contributed by atoms with Crippen molar-refractivity contribution in [2.24, 2.45) is 0 Å². The molecule has 11 aromatic rings. The molecule has 274 valence electrons. The minimum absolute atomic E-state index is 0.911. The number of aromatic nitrogens is 1. The molecule has 0 saturated carbocycles. The van der Waals surface area contributed by atoms with Gasteiger partial charge in [-0.05, 0) is 120 Å². The van der Waals surface area contributed by atoms with Crippen LogP contribution in [-0.2, 0) is 6.42 Å². The van der Waals surface area contributed by atoms with Crippen LogP contribution in [0.4, 0.5) is 17.1 Å². The predicted molar refractivity (Wildman–Crippen MR) is 246 cm³/mol. The van der Waals surface area contributed by atoms with Gasteiger partial charge in [0.1, 0.15) is 11.2 Å². The van der Waals surface area contributed by atoms with Gasteiger partial charge < -0.3 is 13.9 Å². The van der Waals surface area contributed by atoms with Gasteiger partial charge in [-0.2, -0.15) is 0 Å². The Kier molecular flexibility index (Phi) is 7.54. The number of rotatable bonds is 6. The molecule has 0 unspecified atom stereocenters. The van der Waals surface area contributed by atoms with Crippen LogP contribution >= 0.6 is 11.3 Å². The molecule has 0 aliphatic heterocycles. The summed E-state index contributed by atoms with van der Waals surface area (Å²) in [5, 5.41) is 6.20. The lowest BCUT2D eigenvalue weighted by molar-refractivity contribution is 0.669. The Morgan fingerprint density at radius 2 is 1.16 bits per heavy atom. The minimum atomic E-state index is 0.911. The summed E-state index contributed by atoms with van der Waals surface area (Å²) in [4.78, 5) is 2.42. The summed E-state index contributed by atoms with van der Waals surface area (Å²) in [6.07, 6.45) is 6.76. The zero-order valence-corrected chi connectivity index (χ0v) is 32.4. The Morgan fingerprint density at radius 3 is 1.97 bits per heavy atom. The summed E-state index contributed by atoms with van der Waals surface area (Å²) >= 11 is 1.86. The zero-order valence-electron chi connectivity index (χ0n) is 31.6. The second-order valence-electron chi connectivity index (χ2n) is 15.2. The molecule has 0 amide bonds. The molecular formula is C54H36N2OS. The molecule has 0 spiro atoms. The van der Waals surface area contributed by atoms with Gasteiger partial charge in [0.05, 0.1) is 15.9 Å². The minimum Gasteiger partial charge on any atom is -0.456 e. The standard InChI is InChI=1S/C54H36N2OS/c1-2-11-39(12-3-1)56-48-17-7-4-13-42(48)43-31-25-38(34-50(43)56)36-23-29-41(30-24-36)55(49-18-10-16-46-45-15-6-9-20-53(45)58-54(46)49)40-27-21-35(22-28-40)37-26-32-52-47(33-37)44-14-5-8-19-51(44)57-52/h1-3,5-12,14-34H,4,13H2. The van der Waals surface area contributed by atoms with E-state index in [1.807, 2.05) is 23.5 Å². The first kappa shape index (κ1) is 33.0. The molecule has 3 nitrogen and oxygen atoms in total. The number of aryl methyl sites for hydroxylation is 1. The lowest BCUT2D eigenvalue weighted by atomic mass is 9.98. The van der Waals surface area contributed by atoms with Crippen LogP contribution in [-0.4, -0.2) is 4.57 Å². The first-order chi connectivity index (χ1) is 28.7. The van der Waals surface area contributed by atoms with Gasteiger partial charge in [0, 0.05) is 54.4 Å². The average Bonchev–Trinajstić information content (AvgIpc) is 3.97. The largest absolute Gasteiger partial charge is 0.456 e. The van der Waals surface area contributed by atoms with E-state index in [4.69, 9.17) is 4.42 Å². The van der Waals surface area contributed by atoms with E-state index < -0.39 is 0 Å². The maximum Gasteiger partial charge on any atom is 0.135 e. The SMILES string of the molecule is C1=Cc2c(c3ccc(-c4ccc(N(c5ccc(-c6ccc7oc8ccccc8c7c6)cc5)c5cccc6c5sc5ccccc56)cc4)cc3n2-c2ccccc2)CC1. The first-order valence-electron chi connectivity index (χ1n) is 20.0. The van der Waals surface area contributed by atoms with E-state index in [0.29, 0.717) is 0 Å². The molecule has 12 rings (SSSR count). The number of thiophene rings is 1. The van der Waals surface area contributed by atoms with Gasteiger partial charge in [0.2, 0.25) is 0 Å². The highest BCUT2D eigenvalue weighted by Crippen LogP contribution is 2.46. The number of nitrogens with zero attached hydrogens (tertiary/aromatic N) is 2. The molecule has 1 aliphatic rings. The summed E-state index contributed by atoms with van der Waals surface area (Å²) in [5.41, 5.74) is 15.1. The van der Waals surface area contributed by atoms with Gasteiger partial charge in [-0.1, -0.05) is 115 Å². The fourth-order valence-corrected chi connectivity index (χ4v) is 10.3. The highest BCUT2D eigenvalue weighted by molar-refractivity contribution is 7.26. The number of para-hydroxylation sites is 2. The van der Waals surface area contributed by atoms with Crippen molar-refractivity contribution >= 4 is 87.5 Å². The van der Waals surface area contributed by atoms with Crippen LogP contribution in [0.2, 0.25) is 0 Å². The van der Waals surface area contributed by atoms with Crippen molar-refractivity contribution < 1.29 is 4.42 Å². The van der Waals surface area contributed by atoms with E-state index in [1.165, 1.54) is 76.0 Å². The number of allylic oxidation sites excluding steroid dienone is 1. The molecule has 0 radical (unpaired) electrons. The lowest BCUT2D eigenvalue weighted by Gasteiger charge is -2.26. The van der Waals surface area contributed by atoms with Crippen LogP contribution in [0, 0.1) is 0 Å². The average molecular weight is 761 g/mol. The van der Waals surface area contributed by atoms with Gasteiger partial charge >= 0.3 is 0 Å². The zero-order chi connectivity index (χ0) is 38.2. The third-order valence-electron chi connectivity index (χ3n) is 11.9. The highest BCUT2D eigenvalue weighted by Gasteiger charge is 2.21. The number of benzene rings is 8. The Bertz CT molecular complexity index is 3380. The molecule has 0 fully saturated rings. The van der Waals surface area contributed by atoms with Crippen LogP contribution in [0.3, 0.4) is 0 Å². The molecular weight excluding hydrogens is 725 g/mol. The fraction of sp³-hybridized carbons (Fsp3) is 0.0370. The van der Waals surface area contributed by atoms with Crippen molar-refractivity contribution in [1.29, 1.82) is 0 Å². The van der Waals surface area contributed by atoms with Gasteiger partial charge in [-0.25, -0.2) is 0 Å². The lowest BCUT2D eigenvalue weighted by Crippen LogP contribution is -2.10. The van der Waals surface area contributed by atoms with E-state index in [-0.39, 0.29) is 0 Å². The molecule has 4 heteroatoms. The van der Waals surface area contributed by atoms with Crippen LogP contribution in [0.15, 0.2) is 192 Å². The smallest absolute Gasteiger partial charge is 0.135 e. The van der Waals surface area contributed by atoms with E-state index in [2.05, 4.69) is 191 Å². The number of hydrogen-bond donors (Lipinski definition) is 0. The van der Waals surface area contributed by atoms with Gasteiger partial charge in [-0.3, -0.25) is 0 Å². The molecule has 8 aromatic carbocycles. The molecule has 0 saturated heterocycles.